The van der Waals surface area contributed by atoms with E-state index < -0.39 is 0 Å². The third kappa shape index (κ3) is 1.46. The van der Waals surface area contributed by atoms with Gasteiger partial charge >= 0.3 is 0 Å². The molecule has 0 N–H and O–H groups in total. The Kier molecular flexibility index (Phi) is 2.41. The van der Waals surface area contributed by atoms with Gasteiger partial charge in [0.1, 0.15) is 0 Å². The molecule has 1 aromatic rings. The quantitative estimate of drug-likeness (QED) is 0.622. The zero-order valence-electron chi connectivity index (χ0n) is 8.46. The molecule has 76 valence electrons. The van der Waals surface area contributed by atoms with E-state index in [1.807, 2.05) is 11.3 Å². The third-order valence-corrected chi connectivity index (χ3v) is 7.35. The summed E-state index contributed by atoms with van der Waals surface area (Å²) in [4.78, 5) is 1.69. The number of rotatable bonds is 1. The summed E-state index contributed by atoms with van der Waals surface area (Å²) in [6, 6.07) is 4.61. The molecule has 1 atom stereocenters. The van der Waals surface area contributed by atoms with E-state index in [9.17, 15) is 0 Å². The first-order valence-corrected chi connectivity index (χ1v) is 7.66. The molecule has 0 spiro atoms. The van der Waals surface area contributed by atoms with Crippen LogP contribution in [-0.2, 0) is 5.16 Å². The minimum Gasteiger partial charge on any atom is -0.148 e. The molecule has 2 aliphatic rings. The van der Waals surface area contributed by atoms with Crippen molar-refractivity contribution in [2.45, 2.75) is 49.3 Å². The van der Waals surface area contributed by atoms with Gasteiger partial charge in [0.25, 0.3) is 0 Å². The van der Waals surface area contributed by atoms with Gasteiger partial charge in [0.15, 0.2) is 0 Å². The average Bonchev–Trinajstić information content (AvgIpc) is 2.71. The van der Waals surface area contributed by atoms with Gasteiger partial charge in [0.05, 0.1) is 0 Å². The molecule has 2 bridgehead atoms. The van der Waals surface area contributed by atoms with E-state index in [2.05, 4.69) is 17.5 Å². The van der Waals surface area contributed by atoms with Gasteiger partial charge in [-0.1, -0.05) is 18.9 Å². The Morgan fingerprint density at radius 2 is 2.07 bits per heavy atom. The first-order valence-electron chi connectivity index (χ1n) is 5.71. The molecule has 2 fully saturated rings. The highest BCUT2D eigenvalue weighted by Crippen LogP contribution is 2.60. The van der Waals surface area contributed by atoms with Crippen molar-refractivity contribution >= 4 is 19.9 Å². The van der Waals surface area contributed by atoms with Crippen LogP contribution in [0.15, 0.2) is 17.5 Å². The molecule has 2 aliphatic heterocycles. The summed E-state index contributed by atoms with van der Waals surface area (Å²) in [5.41, 5.74) is 1.08. The maximum Gasteiger partial charge on any atom is 0.0222 e. The van der Waals surface area contributed by atoms with Crippen LogP contribution in [0.4, 0.5) is 0 Å². The molecule has 2 saturated heterocycles. The second kappa shape index (κ2) is 3.61. The van der Waals surface area contributed by atoms with E-state index in [0.717, 1.165) is 5.66 Å². The molecule has 1 unspecified atom stereocenters. The Hall–Kier alpha value is 0.130. The van der Waals surface area contributed by atoms with Gasteiger partial charge in [-0.3, -0.25) is 0 Å². The van der Waals surface area contributed by atoms with Gasteiger partial charge in [0, 0.05) is 10.0 Å². The number of fused-ring (bicyclic) bond motifs is 2. The highest BCUT2D eigenvalue weighted by molar-refractivity contribution is 7.41. The maximum absolute atomic E-state index is 2.38. The number of thiophene rings is 1. The smallest absolute Gasteiger partial charge is 0.0222 e. The molecule has 0 nitrogen and oxygen atoms in total. The fraction of sp³-hybridized carbons (Fsp3) is 0.667. The van der Waals surface area contributed by atoms with Crippen LogP contribution in [0.5, 0.6) is 0 Å². The van der Waals surface area contributed by atoms with E-state index in [1.165, 1.54) is 47.1 Å². The summed E-state index contributed by atoms with van der Waals surface area (Å²) < 4.78 is 0. The molecule has 3 rings (SSSR count). The Morgan fingerprint density at radius 1 is 1.29 bits per heavy atom. The normalized spacial score (nSPS) is 38.7. The Balaban J connectivity index is 1.93. The lowest BCUT2D eigenvalue weighted by Gasteiger charge is -2.45. The minimum absolute atomic E-state index is 0.648. The van der Waals surface area contributed by atoms with Crippen LogP contribution in [0.3, 0.4) is 0 Å². The van der Waals surface area contributed by atoms with Crippen molar-refractivity contribution in [3.63, 3.8) is 0 Å². The standard InChI is InChI=1S/C12H17PS/c1-4-10-5-2-8-12(7-1,13-10)11-6-3-9-14-11/h3,6,9-10,13H,1-2,4-5,7-8H2. The topological polar surface area (TPSA) is 0 Å². The molecule has 1 aromatic heterocycles. The monoisotopic (exact) mass is 224 g/mol. The zero-order chi connectivity index (χ0) is 9.43. The average molecular weight is 224 g/mol. The van der Waals surface area contributed by atoms with Crippen molar-refractivity contribution in [2.75, 3.05) is 0 Å². The lowest BCUT2D eigenvalue weighted by molar-refractivity contribution is 0.392. The lowest BCUT2D eigenvalue weighted by atomic mass is 9.87. The van der Waals surface area contributed by atoms with Gasteiger partial charge in [-0.2, -0.15) is 0 Å². The van der Waals surface area contributed by atoms with Gasteiger partial charge in [-0.05, 0) is 42.8 Å². The number of hydrogen-bond donors (Lipinski definition) is 0. The van der Waals surface area contributed by atoms with E-state index >= 15 is 0 Å². The predicted octanol–water partition coefficient (Wildman–Crippen LogP) is 4.36. The van der Waals surface area contributed by atoms with E-state index in [4.69, 9.17) is 0 Å². The molecule has 0 aliphatic carbocycles. The molecule has 2 heteroatoms. The lowest BCUT2D eigenvalue weighted by Crippen LogP contribution is -2.31. The van der Waals surface area contributed by atoms with Crippen LogP contribution in [0, 0.1) is 0 Å². The molecule has 0 aromatic carbocycles. The summed E-state index contributed by atoms with van der Waals surface area (Å²) in [7, 11) is 1.23. The minimum atomic E-state index is 0.648. The summed E-state index contributed by atoms with van der Waals surface area (Å²) in [5, 5.41) is 2.90. The second-order valence-electron chi connectivity index (χ2n) is 4.69. The van der Waals surface area contributed by atoms with Gasteiger partial charge in [-0.25, -0.2) is 0 Å². The van der Waals surface area contributed by atoms with Crippen molar-refractivity contribution < 1.29 is 0 Å². The number of hydrogen-bond acceptors (Lipinski definition) is 1. The molecule has 3 heterocycles. The van der Waals surface area contributed by atoms with Crippen molar-refractivity contribution in [1.82, 2.24) is 0 Å². The van der Waals surface area contributed by atoms with Gasteiger partial charge in [-0.15, -0.1) is 19.9 Å². The fourth-order valence-corrected chi connectivity index (χ4v) is 6.71. The Labute approximate surface area is 91.9 Å². The van der Waals surface area contributed by atoms with Crippen LogP contribution in [0.2, 0.25) is 0 Å². The predicted molar refractivity (Wildman–Crippen MR) is 65.8 cm³/mol. The summed E-state index contributed by atoms with van der Waals surface area (Å²) in [5.74, 6) is 0. The molecule has 0 saturated carbocycles. The first kappa shape index (κ1) is 9.36. The van der Waals surface area contributed by atoms with Crippen LogP contribution >= 0.6 is 19.9 Å². The van der Waals surface area contributed by atoms with Crippen molar-refractivity contribution in [3.05, 3.63) is 22.4 Å². The summed E-state index contributed by atoms with van der Waals surface area (Å²) >= 11 is 2.00. The van der Waals surface area contributed by atoms with Crippen LogP contribution in [0.1, 0.15) is 43.4 Å². The van der Waals surface area contributed by atoms with Crippen molar-refractivity contribution in [3.8, 4) is 0 Å². The molecule has 0 radical (unpaired) electrons. The van der Waals surface area contributed by atoms with Crippen LogP contribution in [-0.4, -0.2) is 5.66 Å². The Bertz CT molecular complexity index is 294. The van der Waals surface area contributed by atoms with Gasteiger partial charge in [0.2, 0.25) is 0 Å². The fourth-order valence-electron chi connectivity index (χ4n) is 3.12. The highest BCUT2D eigenvalue weighted by Gasteiger charge is 2.40. The van der Waals surface area contributed by atoms with Gasteiger partial charge < -0.3 is 0 Å². The third-order valence-electron chi connectivity index (χ3n) is 3.79. The van der Waals surface area contributed by atoms with E-state index in [-0.39, 0.29) is 0 Å². The van der Waals surface area contributed by atoms with Crippen LogP contribution < -0.4 is 0 Å². The van der Waals surface area contributed by atoms with Crippen molar-refractivity contribution in [1.29, 1.82) is 0 Å². The van der Waals surface area contributed by atoms with E-state index in [1.54, 1.807) is 4.88 Å². The first-order chi connectivity index (χ1) is 6.89. The SMILES string of the molecule is c1csc(C23CCCC(CCC2)P3)c1. The Morgan fingerprint density at radius 3 is 2.71 bits per heavy atom. The molecule has 0 amide bonds. The van der Waals surface area contributed by atoms with E-state index in [0.29, 0.717) is 5.16 Å². The highest BCUT2D eigenvalue weighted by atomic mass is 32.1. The zero-order valence-corrected chi connectivity index (χ0v) is 10.3. The summed E-state index contributed by atoms with van der Waals surface area (Å²) in [6.07, 6.45) is 8.95. The molecular weight excluding hydrogens is 207 g/mol. The second-order valence-corrected chi connectivity index (χ2v) is 7.70. The maximum atomic E-state index is 2.38. The van der Waals surface area contributed by atoms with Crippen LogP contribution in [0.25, 0.3) is 0 Å². The molecular formula is C12H17PS. The molecule has 14 heavy (non-hydrogen) atoms. The largest absolute Gasteiger partial charge is 0.148 e. The summed E-state index contributed by atoms with van der Waals surface area (Å²) in [6.45, 7) is 0. The van der Waals surface area contributed by atoms with Crippen molar-refractivity contribution in [2.24, 2.45) is 0 Å².